The number of nitro benzene ring substituents is 1. The van der Waals surface area contributed by atoms with Crippen LogP contribution >= 0.6 is 0 Å². The molecule has 116 valence electrons. The van der Waals surface area contributed by atoms with Gasteiger partial charge < -0.3 is 5.32 Å². The summed E-state index contributed by atoms with van der Waals surface area (Å²) in [4.78, 5) is 10.2. The predicted molar refractivity (Wildman–Crippen MR) is 73.1 cm³/mol. The lowest BCUT2D eigenvalue weighted by Gasteiger charge is -2.18. The summed E-state index contributed by atoms with van der Waals surface area (Å²) in [5, 5.41) is 14.0. The molecule has 1 fully saturated rings. The molecular weight excluding hydrogens is 285 g/mol. The molecule has 0 saturated heterocycles. The summed E-state index contributed by atoms with van der Waals surface area (Å²) >= 11 is 0. The van der Waals surface area contributed by atoms with Gasteiger partial charge in [0.1, 0.15) is 5.69 Å². The zero-order valence-corrected chi connectivity index (χ0v) is 11.6. The zero-order chi connectivity index (χ0) is 15.6. The van der Waals surface area contributed by atoms with E-state index in [2.05, 4.69) is 5.32 Å². The highest BCUT2D eigenvalue weighted by Gasteiger charge is 2.33. The average Bonchev–Trinajstić information content (AvgIpc) is 3.20. The van der Waals surface area contributed by atoms with Crippen LogP contribution in [-0.2, 0) is 6.18 Å². The van der Waals surface area contributed by atoms with Crippen molar-refractivity contribution in [1.82, 2.24) is 0 Å². The van der Waals surface area contributed by atoms with Crippen LogP contribution in [0.1, 0.15) is 38.2 Å². The molecule has 0 radical (unpaired) electrons. The Bertz CT molecular complexity index is 527. The third-order valence-electron chi connectivity index (χ3n) is 3.69. The maximum absolute atomic E-state index is 12.6. The lowest BCUT2D eigenvalue weighted by molar-refractivity contribution is -0.384. The van der Waals surface area contributed by atoms with Crippen LogP contribution in [0.3, 0.4) is 0 Å². The van der Waals surface area contributed by atoms with Crippen molar-refractivity contribution >= 4 is 11.4 Å². The van der Waals surface area contributed by atoms with Crippen LogP contribution in [0, 0.1) is 16.0 Å². The van der Waals surface area contributed by atoms with Crippen molar-refractivity contribution in [2.45, 2.75) is 44.8 Å². The highest BCUT2D eigenvalue weighted by Crippen LogP contribution is 2.37. The smallest absolute Gasteiger partial charge is 0.377 e. The second kappa shape index (κ2) is 5.91. The Morgan fingerprint density at radius 1 is 1.43 bits per heavy atom. The van der Waals surface area contributed by atoms with E-state index in [-0.39, 0.29) is 11.7 Å². The van der Waals surface area contributed by atoms with Crippen molar-refractivity contribution in [2.24, 2.45) is 5.92 Å². The Morgan fingerprint density at radius 3 is 2.57 bits per heavy atom. The molecule has 0 aromatic heterocycles. The van der Waals surface area contributed by atoms with Gasteiger partial charge in [-0.15, -0.1) is 0 Å². The van der Waals surface area contributed by atoms with Gasteiger partial charge in [0, 0.05) is 12.1 Å². The maximum Gasteiger partial charge on any atom is 0.416 e. The van der Waals surface area contributed by atoms with E-state index in [0.717, 1.165) is 37.8 Å². The molecule has 1 unspecified atom stereocenters. The van der Waals surface area contributed by atoms with Gasteiger partial charge in [0.2, 0.25) is 0 Å². The first-order valence-corrected chi connectivity index (χ1v) is 6.93. The van der Waals surface area contributed by atoms with Gasteiger partial charge in [-0.3, -0.25) is 10.1 Å². The third kappa shape index (κ3) is 4.09. The minimum absolute atomic E-state index is 0.0490. The van der Waals surface area contributed by atoms with Crippen LogP contribution in [0.15, 0.2) is 18.2 Å². The summed E-state index contributed by atoms with van der Waals surface area (Å²) in [5.41, 5.74) is -1.38. The number of rotatable bonds is 6. The van der Waals surface area contributed by atoms with Crippen molar-refractivity contribution < 1.29 is 18.1 Å². The lowest BCUT2D eigenvalue weighted by Crippen LogP contribution is -2.20. The van der Waals surface area contributed by atoms with Crippen LogP contribution in [0.2, 0.25) is 0 Å². The van der Waals surface area contributed by atoms with Crippen LogP contribution in [0.5, 0.6) is 0 Å². The summed E-state index contributed by atoms with van der Waals surface area (Å²) in [5.74, 6) is 0.635. The molecule has 1 aliphatic rings. The molecule has 1 saturated carbocycles. The quantitative estimate of drug-likeness (QED) is 0.617. The molecule has 0 bridgehead atoms. The molecule has 0 heterocycles. The first-order valence-electron chi connectivity index (χ1n) is 6.93. The molecule has 1 N–H and O–H groups in total. The van der Waals surface area contributed by atoms with E-state index in [9.17, 15) is 23.3 Å². The molecular formula is C14H17F3N2O2. The fraction of sp³-hybridized carbons (Fsp3) is 0.571. The van der Waals surface area contributed by atoms with E-state index in [4.69, 9.17) is 0 Å². The van der Waals surface area contributed by atoms with E-state index in [1.54, 1.807) is 0 Å². The maximum atomic E-state index is 12.6. The number of nitro groups is 1. The number of hydrogen-bond acceptors (Lipinski definition) is 3. The Kier molecular flexibility index (Phi) is 4.39. The van der Waals surface area contributed by atoms with E-state index < -0.39 is 22.4 Å². The lowest BCUT2D eigenvalue weighted by atomic mass is 10.1. The molecule has 7 heteroatoms. The summed E-state index contributed by atoms with van der Waals surface area (Å²) in [6, 6.07) is 2.66. The minimum Gasteiger partial charge on any atom is -0.377 e. The molecule has 1 aromatic carbocycles. The van der Waals surface area contributed by atoms with E-state index in [1.165, 1.54) is 0 Å². The molecule has 0 spiro atoms. The van der Waals surface area contributed by atoms with Crippen molar-refractivity contribution in [2.75, 3.05) is 5.32 Å². The van der Waals surface area contributed by atoms with Crippen LogP contribution < -0.4 is 5.32 Å². The normalized spacial score (nSPS) is 16.6. The fourth-order valence-corrected chi connectivity index (χ4v) is 2.28. The molecule has 2 rings (SSSR count). The van der Waals surface area contributed by atoms with Gasteiger partial charge in [-0.1, -0.05) is 19.8 Å². The number of anilines is 1. The first kappa shape index (κ1) is 15.6. The van der Waals surface area contributed by atoms with Gasteiger partial charge in [0.15, 0.2) is 0 Å². The number of nitrogens with one attached hydrogen (secondary N) is 1. The molecule has 1 aromatic rings. The third-order valence-corrected chi connectivity index (χ3v) is 3.69. The van der Waals surface area contributed by atoms with Crippen LogP contribution in [0.4, 0.5) is 24.5 Å². The molecule has 0 amide bonds. The predicted octanol–water partition coefficient (Wildman–Crippen LogP) is 4.60. The second-order valence-electron chi connectivity index (χ2n) is 5.42. The summed E-state index contributed by atoms with van der Waals surface area (Å²) < 4.78 is 37.9. The summed E-state index contributed by atoms with van der Waals surface area (Å²) in [6.07, 6.45) is -0.592. The summed E-state index contributed by atoms with van der Waals surface area (Å²) in [6.45, 7) is 1.95. The Hall–Kier alpha value is -1.79. The minimum atomic E-state index is -4.58. The SMILES string of the molecule is CCC(CC1CC1)Nc1ccc(C(F)(F)F)cc1[N+](=O)[O-]. The second-order valence-corrected chi connectivity index (χ2v) is 5.42. The van der Waals surface area contributed by atoms with Gasteiger partial charge >= 0.3 is 6.18 Å². The zero-order valence-electron chi connectivity index (χ0n) is 11.6. The molecule has 0 aliphatic heterocycles. The Labute approximate surface area is 120 Å². The van der Waals surface area contributed by atoms with Gasteiger partial charge in [-0.25, -0.2) is 0 Å². The van der Waals surface area contributed by atoms with Gasteiger partial charge in [-0.05, 0) is 30.9 Å². The van der Waals surface area contributed by atoms with Crippen LogP contribution in [-0.4, -0.2) is 11.0 Å². The Morgan fingerprint density at radius 2 is 2.10 bits per heavy atom. The topological polar surface area (TPSA) is 55.2 Å². The van der Waals surface area contributed by atoms with Gasteiger partial charge in [0.25, 0.3) is 5.69 Å². The number of benzene rings is 1. The van der Waals surface area contributed by atoms with Gasteiger partial charge in [0.05, 0.1) is 10.5 Å². The number of nitrogens with zero attached hydrogens (tertiary/aromatic N) is 1. The fourth-order valence-electron chi connectivity index (χ4n) is 2.28. The van der Waals surface area contributed by atoms with E-state index >= 15 is 0 Å². The first-order chi connectivity index (χ1) is 9.81. The number of alkyl halides is 3. The average molecular weight is 302 g/mol. The van der Waals surface area contributed by atoms with E-state index in [1.807, 2.05) is 6.92 Å². The van der Waals surface area contributed by atoms with Crippen molar-refractivity contribution in [3.63, 3.8) is 0 Å². The monoisotopic (exact) mass is 302 g/mol. The van der Waals surface area contributed by atoms with Crippen LogP contribution in [0.25, 0.3) is 0 Å². The summed E-state index contributed by atoms with van der Waals surface area (Å²) in [7, 11) is 0. The highest BCUT2D eigenvalue weighted by molar-refractivity contribution is 5.63. The number of hydrogen-bond donors (Lipinski definition) is 1. The van der Waals surface area contributed by atoms with E-state index in [0.29, 0.717) is 12.0 Å². The van der Waals surface area contributed by atoms with Crippen molar-refractivity contribution in [1.29, 1.82) is 0 Å². The Balaban J connectivity index is 2.22. The molecule has 4 nitrogen and oxygen atoms in total. The number of halogens is 3. The molecule has 1 atom stereocenters. The molecule has 1 aliphatic carbocycles. The standard InChI is InChI=1S/C14H17F3N2O2/c1-2-11(7-9-3-4-9)18-12-6-5-10(14(15,16)17)8-13(12)19(20)21/h5-6,8-9,11,18H,2-4,7H2,1H3. The highest BCUT2D eigenvalue weighted by atomic mass is 19.4. The largest absolute Gasteiger partial charge is 0.416 e. The van der Waals surface area contributed by atoms with Gasteiger partial charge in [-0.2, -0.15) is 13.2 Å². The van der Waals surface area contributed by atoms with Crippen molar-refractivity contribution in [3.05, 3.63) is 33.9 Å². The molecule has 21 heavy (non-hydrogen) atoms. The van der Waals surface area contributed by atoms with Crippen molar-refractivity contribution in [3.8, 4) is 0 Å².